The maximum absolute atomic E-state index is 11.9. The number of amides is 2. The van der Waals surface area contributed by atoms with Crippen molar-refractivity contribution in [2.75, 3.05) is 19.9 Å². The van der Waals surface area contributed by atoms with Crippen LogP contribution >= 0.6 is 11.6 Å². The smallest absolute Gasteiger partial charge is 0.251 e. The molecule has 25 heavy (non-hydrogen) atoms. The summed E-state index contributed by atoms with van der Waals surface area (Å²) in [6, 6.07) is 12.2. The number of halogens is 1. The molecule has 1 aliphatic heterocycles. The molecule has 1 aliphatic rings. The lowest BCUT2D eigenvalue weighted by Gasteiger charge is -2.08. The van der Waals surface area contributed by atoms with Gasteiger partial charge in [-0.15, -0.1) is 0 Å². The minimum absolute atomic E-state index is 0.0908. The normalized spacial score (nSPS) is 11.9. The van der Waals surface area contributed by atoms with Gasteiger partial charge in [-0.05, 0) is 42.3 Å². The predicted octanol–water partition coefficient (Wildman–Crippen LogP) is 2.16. The molecular weight excluding hydrogens is 344 g/mol. The van der Waals surface area contributed by atoms with Gasteiger partial charge in [0.2, 0.25) is 12.7 Å². The van der Waals surface area contributed by atoms with Crippen molar-refractivity contribution in [3.63, 3.8) is 0 Å². The molecule has 0 unspecified atom stereocenters. The molecule has 3 rings (SSSR count). The van der Waals surface area contributed by atoms with Crippen LogP contribution in [0.25, 0.3) is 0 Å². The Morgan fingerprint density at radius 2 is 1.88 bits per heavy atom. The van der Waals surface area contributed by atoms with Crippen molar-refractivity contribution in [2.24, 2.45) is 0 Å². The average Bonchev–Trinajstić information content (AvgIpc) is 3.07. The summed E-state index contributed by atoms with van der Waals surface area (Å²) in [5.74, 6) is 0.860. The zero-order valence-electron chi connectivity index (χ0n) is 13.4. The number of nitrogens with one attached hydrogen (secondary N) is 2. The largest absolute Gasteiger partial charge is 0.454 e. The second-order valence-corrected chi connectivity index (χ2v) is 5.92. The number of benzene rings is 2. The van der Waals surface area contributed by atoms with Crippen LogP contribution in [0.5, 0.6) is 11.5 Å². The molecule has 2 aromatic carbocycles. The lowest BCUT2D eigenvalue weighted by molar-refractivity contribution is -0.120. The maximum Gasteiger partial charge on any atom is 0.251 e. The Morgan fingerprint density at radius 1 is 1.04 bits per heavy atom. The topological polar surface area (TPSA) is 76.7 Å². The summed E-state index contributed by atoms with van der Waals surface area (Å²) in [6.07, 6.45) is 0.657. The molecule has 2 N–H and O–H groups in total. The summed E-state index contributed by atoms with van der Waals surface area (Å²) in [6.45, 7) is 0.611. The van der Waals surface area contributed by atoms with E-state index in [0.717, 1.165) is 17.1 Å². The van der Waals surface area contributed by atoms with E-state index in [4.69, 9.17) is 21.1 Å². The average molecular weight is 361 g/mol. The van der Waals surface area contributed by atoms with Gasteiger partial charge in [0.25, 0.3) is 5.91 Å². The summed E-state index contributed by atoms with van der Waals surface area (Å²) >= 11 is 5.84. The fraction of sp³-hybridized carbons (Fsp3) is 0.222. The van der Waals surface area contributed by atoms with Gasteiger partial charge in [0.05, 0.1) is 6.54 Å². The van der Waals surface area contributed by atoms with Gasteiger partial charge < -0.3 is 20.1 Å². The summed E-state index contributed by atoms with van der Waals surface area (Å²) in [5, 5.41) is 5.80. The molecule has 1 heterocycles. The number of hydrogen-bond donors (Lipinski definition) is 2. The first kappa shape index (κ1) is 17.1. The fourth-order valence-corrected chi connectivity index (χ4v) is 2.59. The van der Waals surface area contributed by atoms with Crippen LogP contribution in [0, 0.1) is 0 Å². The Bertz CT molecular complexity index is 794. The van der Waals surface area contributed by atoms with Gasteiger partial charge in [-0.3, -0.25) is 9.59 Å². The monoisotopic (exact) mass is 360 g/mol. The van der Waals surface area contributed by atoms with Gasteiger partial charge in [0.15, 0.2) is 11.5 Å². The van der Waals surface area contributed by atoms with Crippen LogP contribution in [0.15, 0.2) is 42.5 Å². The molecule has 0 aliphatic carbocycles. The van der Waals surface area contributed by atoms with Crippen LogP contribution in [-0.4, -0.2) is 31.7 Å². The van der Waals surface area contributed by atoms with E-state index in [-0.39, 0.29) is 25.2 Å². The lowest BCUT2D eigenvalue weighted by Crippen LogP contribution is -2.37. The van der Waals surface area contributed by atoms with Crippen molar-refractivity contribution in [1.29, 1.82) is 0 Å². The SMILES string of the molecule is O=C(CNC(=O)c1cccc(Cl)c1)NCCc1ccc2c(c1)OCO2. The Hall–Kier alpha value is -2.73. The number of carbonyl (C=O) groups is 2. The number of fused-ring (bicyclic) bond motifs is 1. The Kier molecular flexibility index (Phi) is 5.40. The molecule has 2 amide bonds. The predicted molar refractivity (Wildman–Crippen MR) is 93.1 cm³/mol. The summed E-state index contributed by atoms with van der Waals surface area (Å²) in [7, 11) is 0. The first-order valence-electron chi connectivity index (χ1n) is 7.81. The highest BCUT2D eigenvalue weighted by Crippen LogP contribution is 2.32. The van der Waals surface area contributed by atoms with Crippen LogP contribution in [-0.2, 0) is 11.2 Å². The minimum atomic E-state index is -0.339. The van der Waals surface area contributed by atoms with E-state index in [2.05, 4.69) is 10.6 Å². The van der Waals surface area contributed by atoms with E-state index >= 15 is 0 Å². The van der Waals surface area contributed by atoms with E-state index in [1.165, 1.54) is 0 Å². The van der Waals surface area contributed by atoms with Crippen molar-refractivity contribution >= 4 is 23.4 Å². The quantitative estimate of drug-likeness (QED) is 0.827. The molecule has 0 saturated heterocycles. The van der Waals surface area contributed by atoms with Crippen molar-refractivity contribution < 1.29 is 19.1 Å². The summed E-state index contributed by atoms with van der Waals surface area (Å²) in [4.78, 5) is 23.8. The molecule has 0 radical (unpaired) electrons. The van der Waals surface area contributed by atoms with Gasteiger partial charge in [0, 0.05) is 17.1 Å². The minimum Gasteiger partial charge on any atom is -0.454 e. The zero-order chi connectivity index (χ0) is 17.6. The highest BCUT2D eigenvalue weighted by molar-refractivity contribution is 6.30. The molecule has 0 saturated carbocycles. The number of hydrogen-bond acceptors (Lipinski definition) is 4. The maximum atomic E-state index is 11.9. The van der Waals surface area contributed by atoms with E-state index in [9.17, 15) is 9.59 Å². The van der Waals surface area contributed by atoms with Crippen LogP contribution in [0.1, 0.15) is 15.9 Å². The molecule has 0 spiro atoms. The van der Waals surface area contributed by atoms with Gasteiger partial charge in [-0.25, -0.2) is 0 Å². The van der Waals surface area contributed by atoms with E-state index < -0.39 is 0 Å². The summed E-state index contributed by atoms with van der Waals surface area (Å²) < 4.78 is 10.6. The van der Waals surface area contributed by atoms with Crippen molar-refractivity contribution in [3.8, 4) is 11.5 Å². The zero-order valence-corrected chi connectivity index (χ0v) is 14.1. The summed E-state index contributed by atoms with van der Waals surface area (Å²) in [5.41, 5.74) is 1.45. The van der Waals surface area contributed by atoms with E-state index in [1.807, 2.05) is 18.2 Å². The Balaban J connectivity index is 1.40. The number of carbonyl (C=O) groups excluding carboxylic acids is 2. The molecular formula is C18H17ClN2O4. The van der Waals surface area contributed by atoms with E-state index in [1.54, 1.807) is 24.3 Å². The standard InChI is InChI=1S/C18H17ClN2O4/c19-14-3-1-2-13(9-14)18(23)21-10-17(22)20-7-6-12-4-5-15-16(8-12)25-11-24-15/h1-5,8-9H,6-7,10-11H2,(H,20,22)(H,21,23). The van der Waals surface area contributed by atoms with Crippen molar-refractivity contribution in [1.82, 2.24) is 10.6 Å². The molecule has 7 heteroatoms. The van der Waals surface area contributed by atoms with E-state index in [0.29, 0.717) is 23.6 Å². The molecule has 0 bridgehead atoms. The Morgan fingerprint density at radius 3 is 2.72 bits per heavy atom. The van der Waals surface area contributed by atoms with Gasteiger partial charge in [0.1, 0.15) is 0 Å². The highest BCUT2D eigenvalue weighted by Gasteiger charge is 2.13. The second-order valence-electron chi connectivity index (χ2n) is 5.48. The number of ether oxygens (including phenoxy) is 2. The van der Waals surface area contributed by atoms with Gasteiger partial charge >= 0.3 is 0 Å². The molecule has 130 valence electrons. The first-order chi connectivity index (χ1) is 12.1. The van der Waals surface area contributed by atoms with Crippen LogP contribution in [0.3, 0.4) is 0 Å². The molecule has 0 fully saturated rings. The lowest BCUT2D eigenvalue weighted by atomic mass is 10.1. The first-order valence-corrected chi connectivity index (χ1v) is 8.18. The highest BCUT2D eigenvalue weighted by atomic mass is 35.5. The van der Waals surface area contributed by atoms with Crippen LogP contribution in [0.4, 0.5) is 0 Å². The third kappa shape index (κ3) is 4.64. The Labute approximate surface area is 150 Å². The third-order valence-electron chi connectivity index (χ3n) is 3.67. The molecule has 0 aromatic heterocycles. The van der Waals surface area contributed by atoms with Gasteiger partial charge in [-0.1, -0.05) is 23.7 Å². The van der Waals surface area contributed by atoms with Crippen LogP contribution < -0.4 is 20.1 Å². The fourth-order valence-electron chi connectivity index (χ4n) is 2.40. The third-order valence-corrected chi connectivity index (χ3v) is 3.90. The van der Waals surface area contributed by atoms with Gasteiger partial charge in [-0.2, -0.15) is 0 Å². The van der Waals surface area contributed by atoms with Crippen molar-refractivity contribution in [2.45, 2.75) is 6.42 Å². The molecule has 6 nitrogen and oxygen atoms in total. The van der Waals surface area contributed by atoms with Crippen molar-refractivity contribution in [3.05, 3.63) is 58.6 Å². The second kappa shape index (κ2) is 7.90. The number of rotatable bonds is 6. The molecule has 2 aromatic rings. The molecule has 0 atom stereocenters. The van der Waals surface area contributed by atoms with Crippen LogP contribution in [0.2, 0.25) is 5.02 Å².